The van der Waals surface area contributed by atoms with Crippen molar-refractivity contribution in [3.8, 4) is 0 Å². The van der Waals surface area contributed by atoms with E-state index in [9.17, 15) is 14.7 Å². The van der Waals surface area contributed by atoms with Crippen LogP contribution in [0.3, 0.4) is 0 Å². The molecule has 0 spiro atoms. The van der Waals surface area contributed by atoms with Crippen molar-refractivity contribution >= 4 is 20.1 Å². The molecule has 9 nitrogen and oxygen atoms in total. The average Bonchev–Trinajstić information content (AvgIpc) is 2.75. The van der Waals surface area contributed by atoms with Crippen molar-refractivity contribution in [3.05, 3.63) is 35.9 Å². The molecule has 182 valence electrons. The number of ether oxygens (including phenoxy) is 4. The van der Waals surface area contributed by atoms with E-state index in [2.05, 4.69) is 20.8 Å². The van der Waals surface area contributed by atoms with Crippen molar-refractivity contribution in [2.45, 2.75) is 75.8 Å². The third-order valence-corrected chi connectivity index (χ3v) is 11.3. The van der Waals surface area contributed by atoms with E-state index in [-0.39, 0.29) is 24.9 Å². The Labute approximate surface area is 195 Å². The van der Waals surface area contributed by atoms with Crippen LogP contribution in [0.2, 0.25) is 18.1 Å². The van der Waals surface area contributed by atoms with E-state index in [0.717, 1.165) is 10.5 Å². The number of amides is 2. The molecule has 1 aromatic rings. The van der Waals surface area contributed by atoms with Gasteiger partial charge < -0.3 is 28.5 Å². The number of carbonyl (C=O) groups excluding carboxylic acids is 2. The minimum absolute atomic E-state index is 0.153. The second-order valence-electron chi connectivity index (χ2n) is 10.2. The van der Waals surface area contributed by atoms with Gasteiger partial charge in [0.25, 0.3) is 11.8 Å². The van der Waals surface area contributed by atoms with Gasteiger partial charge in [0, 0.05) is 5.56 Å². The summed E-state index contributed by atoms with van der Waals surface area (Å²) in [6, 6.07) is 8.33. The molecule has 3 heterocycles. The normalized spacial score (nSPS) is 33.7. The molecule has 0 aliphatic carbocycles. The number of carbonyl (C=O) groups is 2. The summed E-state index contributed by atoms with van der Waals surface area (Å²) in [4.78, 5) is 26.5. The number of aliphatic hydroxyl groups excluding tert-OH is 1. The standard InChI is InChI=1S/C23H33NO8Si/c1-23(2,3)33(4,5)32-22-18(24-16(25)12-28-13-17(24)26)19(27)20-15(30-22)11-29-21(31-20)14-9-7-6-8-10-14/h6-10,15,18-22,27H,11-13H2,1-5H3/t15-,18-,19-,20-,21-,22+/m1/s1. The predicted molar refractivity (Wildman–Crippen MR) is 119 cm³/mol. The Hall–Kier alpha value is -1.66. The minimum Gasteiger partial charge on any atom is -0.391 e. The lowest BCUT2D eigenvalue weighted by molar-refractivity contribution is -0.341. The number of hydrogen-bond acceptors (Lipinski definition) is 8. The fourth-order valence-electron chi connectivity index (χ4n) is 4.03. The van der Waals surface area contributed by atoms with Gasteiger partial charge >= 0.3 is 0 Å². The maximum absolute atomic E-state index is 12.7. The Morgan fingerprint density at radius 1 is 1.06 bits per heavy atom. The van der Waals surface area contributed by atoms with Gasteiger partial charge in [-0.15, -0.1) is 0 Å². The van der Waals surface area contributed by atoms with Gasteiger partial charge in [-0.05, 0) is 18.1 Å². The molecule has 0 saturated carbocycles. The lowest BCUT2D eigenvalue weighted by Gasteiger charge is -2.52. The second-order valence-corrected chi connectivity index (χ2v) is 15.0. The summed E-state index contributed by atoms with van der Waals surface area (Å²) >= 11 is 0. The van der Waals surface area contributed by atoms with Crippen LogP contribution in [0.1, 0.15) is 32.6 Å². The Morgan fingerprint density at radius 2 is 1.70 bits per heavy atom. The third-order valence-electron chi connectivity index (χ3n) is 6.91. The van der Waals surface area contributed by atoms with Crippen molar-refractivity contribution in [3.63, 3.8) is 0 Å². The molecule has 0 aromatic heterocycles. The van der Waals surface area contributed by atoms with Crippen molar-refractivity contribution in [1.29, 1.82) is 0 Å². The fourth-order valence-corrected chi connectivity index (χ4v) is 5.16. The number of morpholine rings is 1. The van der Waals surface area contributed by atoms with E-state index < -0.39 is 57.1 Å². The van der Waals surface area contributed by atoms with Crippen LogP contribution in [0.25, 0.3) is 0 Å². The van der Waals surface area contributed by atoms with Crippen LogP contribution >= 0.6 is 0 Å². The van der Waals surface area contributed by atoms with E-state index in [1.807, 2.05) is 43.4 Å². The van der Waals surface area contributed by atoms with Gasteiger partial charge in [0.15, 0.2) is 20.9 Å². The molecule has 1 aromatic carbocycles. The van der Waals surface area contributed by atoms with E-state index >= 15 is 0 Å². The summed E-state index contributed by atoms with van der Waals surface area (Å²) in [5, 5.41) is 11.3. The van der Waals surface area contributed by atoms with Crippen molar-refractivity contribution < 1.29 is 38.1 Å². The molecule has 0 radical (unpaired) electrons. The number of benzene rings is 1. The highest BCUT2D eigenvalue weighted by molar-refractivity contribution is 6.74. The first-order chi connectivity index (χ1) is 15.5. The quantitative estimate of drug-likeness (QED) is 0.516. The van der Waals surface area contributed by atoms with Crippen molar-refractivity contribution in [2.75, 3.05) is 19.8 Å². The molecule has 33 heavy (non-hydrogen) atoms. The maximum Gasteiger partial charge on any atom is 0.255 e. The molecule has 1 N–H and O–H groups in total. The molecule has 3 aliphatic rings. The van der Waals surface area contributed by atoms with Gasteiger partial charge in [0.05, 0.1) is 6.61 Å². The number of fused-ring (bicyclic) bond motifs is 1. The van der Waals surface area contributed by atoms with Crippen LogP contribution in [0, 0.1) is 0 Å². The summed E-state index contributed by atoms with van der Waals surface area (Å²) < 4.78 is 29.8. The van der Waals surface area contributed by atoms with Crippen LogP contribution < -0.4 is 0 Å². The summed E-state index contributed by atoms with van der Waals surface area (Å²) in [7, 11) is -2.39. The Kier molecular flexibility index (Phi) is 6.80. The molecule has 0 bridgehead atoms. The van der Waals surface area contributed by atoms with Gasteiger partial charge in [0.2, 0.25) is 0 Å². The number of hydrogen-bond donors (Lipinski definition) is 1. The number of rotatable bonds is 4. The molecule has 3 aliphatic heterocycles. The van der Waals surface area contributed by atoms with Crippen LogP contribution in [0.5, 0.6) is 0 Å². The van der Waals surface area contributed by atoms with Crippen molar-refractivity contribution in [1.82, 2.24) is 4.90 Å². The fraction of sp³-hybridized carbons (Fsp3) is 0.652. The van der Waals surface area contributed by atoms with Crippen LogP contribution in [-0.2, 0) is 33.0 Å². The first-order valence-corrected chi connectivity index (χ1v) is 14.2. The summed E-state index contributed by atoms with van der Waals surface area (Å²) in [6.45, 7) is 10.0. The van der Waals surface area contributed by atoms with Crippen LogP contribution in [0.15, 0.2) is 30.3 Å². The average molecular weight is 480 g/mol. The first-order valence-electron chi connectivity index (χ1n) is 11.3. The topological polar surface area (TPSA) is 104 Å². The van der Waals surface area contributed by atoms with Gasteiger partial charge in [-0.2, -0.15) is 0 Å². The van der Waals surface area contributed by atoms with Gasteiger partial charge in [-0.3, -0.25) is 14.5 Å². The van der Waals surface area contributed by atoms with Crippen LogP contribution in [-0.4, -0.2) is 80.6 Å². The van der Waals surface area contributed by atoms with Gasteiger partial charge in [-0.25, -0.2) is 0 Å². The lowest BCUT2D eigenvalue weighted by Crippen LogP contribution is -2.71. The Morgan fingerprint density at radius 3 is 2.30 bits per heavy atom. The summed E-state index contributed by atoms with van der Waals surface area (Å²) in [6.07, 6.45) is -4.34. The molecular formula is C23H33NO8Si. The molecule has 3 fully saturated rings. The summed E-state index contributed by atoms with van der Waals surface area (Å²) in [5.74, 6) is -1.07. The monoisotopic (exact) mass is 479 g/mol. The zero-order valence-corrected chi connectivity index (χ0v) is 20.7. The Balaban J connectivity index is 1.64. The van der Waals surface area contributed by atoms with Gasteiger partial charge in [-0.1, -0.05) is 51.1 Å². The number of aliphatic hydroxyl groups is 1. The SMILES string of the molecule is CC(C)(C)[Si](C)(C)O[C@@H]1O[C@@H]2CO[C@@H](c3ccccc3)O[C@H]2[C@H](O)[C@H]1N1C(=O)COCC1=O. The predicted octanol–water partition coefficient (Wildman–Crippen LogP) is 1.96. The zero-order valence-electron chi connectivity index (χ0n) is 19.7. The first kappa shape index (κ1) is 24.5. The largest absolute Gasteiger partial charge is 0.391 e. The zero-order chi connectivity index (χ0) is 24.0. The highest BCUT2D eigenvalue weighted by atomic mass is 28.4. The molecule has 4 rings (SSSR count). The van der Waals surface area contributed by atoms with E-state index in [4.69, 9.17) is 23.4 Å². The van der Waals surface area contributed by atoms with Crippen LogP contribution in [0.4, 0.5) is 0 Å². The minimum atomic E-state index is -2.39. The van der Waals surface area contributed by atoms with Gasteiger partial charge in [0.1, 0.15) is 37.6 Å². The molecule has 10 heteroatoms. The molecule has 0 unspecified atom stereocenters. The number of imide groups is 1. The second kappa shape index (κ2) is 9.18. The molecule has 3 saturated heterocycles. The Bertz CT molecular complexity index is 857. The van der Waals surface area contributed by atoms with E-state index in [1.165, 1.54) is 0 Å². The molecule has 2 amide bonds. The van der Waals surface area contributed by atoms with E-state index in [0.29, 0.717) is 0 Å². The van der Waals surface area contributed by atoms with Crippen molar-refractivity contribution in [2.24, 2.45) is 0 Å². The highest BCUT2D eigenvalue weighted by Gasteiger charge is 2.56. The molecule has 6 atom stereocenters. The lowest BCUT2D eigenvalue weighted by atomic mass is 9.94. The smallest absolute Gasteiger partial charge is 0.255 e. The molecular weight excluding hydrogens is 446 g/mol. The maximum atomic E-state index is 12.7. The number of nitrogens with zero attached hydrogens (tertiary/aromatic N) is 1. The van der Waals surface area contributed by atoms with E-state index in [1.54, 1.807) is 0 Å². The third kappa shape index (κ3) is 4.79. The summed E-state index contributed by atoms with van der Waals surface area (Å²) in [5.41, 5.74) is 0.804. The highest BCUT2D eigenvalue weighted by Crippen LogP contribution is 2.41.